The van der Waals surface area contributed by atoms with Crippen molar-refractivity contribution in [3.8, 4) is 0 Å². The molecule has 1 N–H and O–H groups in total. The number of rotatable bonds is 4. The normalized spacial score (nSPS) is 25.5. The zero-order valence-corrected chi connectivity index (χ0v) is 14.5. The predicted molar refractivity (Wildman–Crippen MR) is 85.4 cm³/mol. The molecule has 1 heterocycles. The molecule has 0 saturated heterocycles. The Balaban J connectivity index is 2.09. The highest BCUT2D eigenvalue weighted by Crippen LogP contribution is 2.30. The highest BCUT2D eigenvalue weighted by atomic mass is 79.9. The number of hydrogen-bond donors (Lipinski definition) is 1. The zero-order chi connectivity index (χ0) is 16.3. The quantitative estimate of drug-likeness (QED) is 0.479. The summed E-state index contributed by atoms with van der Waals surface area (Å²) in [7, 11) is 0. The zero-order valence-electron chi connectivity index (χ0n) is 12.1. The second-order valence-electron chi connectivity index (χ2n) is 5.37. The number of alkyl halides is 3. The van der Waals surface area contributed by atoms with Crippen LogP contribution in [0.25, 0.3) is 0 Å². The van der Waals surface area contributed by atoms with Gasteiger partial charge in [-0.25, -0.2) is 13.8 Å². The van der Waals surface area contributed by atoms with Crippen molar-refractivity contribution in [2.24, 2.45) is 5.92 Å². The first kappa shape index (κ1) is 17.5. The van der Waals surface area contributed by atoms with Crippen LogP contribution in [-0.2, 0) is 4.79 Å². The van der Waals surface area contributed by atoms with Crippen molar-refractivity contribution in [2.75, 3.05) is 10.6 Å². The summed E-state index contributed by atoms with van der Waals surface area (Å²) in [5.41, 5.74) is 0.519. The van der Waals surface area contributed by atoms with Crippen molar-refractivity contribution in [2.45, 2.75) is 45.0 Å². The van der Waals surface area contributed by atoms with Gasteiger partial charge in [-0.05, 0) is 32.6 Å². The van der Waals surface area contributed by atoms with Crippen LogP contribution in [0.1, 0.15) is 41.0 Å². The van der Waals surface area contributed by atoms with Crippen molar-refractivity contribution in [1.29, 1.82) is 0 Å². The van der Waals surface area contributed by atoms with Crippen molar-refractivity contribution in [3.05, 3.63) is 10.6 Å². The first-order chi connectivity index (χ1) is 10.4. The molecule has 122 valence electrons. The minimum absolute atomic E-state index is 0.107. The molecule has 8 heteroatoms. The van der Waals surface area contributed by atoms with Gasteiger partial charge >= 0.3 is 0 Å². The number of nitrogens with one attached hydrogen (secondary N) is 1. The van der Waals surface area contributed by atoms with Gasteiger partial charge in [0, 0.05) is 0 Å². The summed E-state index contributed by atoms with van der Waals surface area (Å²) in [5, 5.41) is 2.94. The van der Waals surface area contributed by atoms with E-state index in [9.17, 15) is 18.4 Å². The van der Waals surface area contributed by atoms with Crippen LogP contribution < -0.4 is 5.32 Å². The maximum absolute atomic E-state index is 14.0. The molecule has 1 fully saturated rings. The minimum atomic E-state index is -1.34. The SMILES string of the molecule is Cc1nc(NC(=O)C2CC(F)CCCC2F)sc1C(=O)CBr. The second kappa shape index (κ2) is 7.59. The molecule has 1 aliphatic carbocycles. The summed E-state index contributed by atoms with van der Waals surface area (Å²) >= 11 is 4.14. The first-order valence-corrected chi connectivity index (χ1v) is 9.01. The van der Waals surface area contributed by atoms with Gasteiger partial charge in [-0.3, -0.25) is 9.59 Å². The molecule has 2 rings (SSSR count). The van der Waals surface area contributed by atoms with E-state index >= 15 is 0 Å². The summed E-state index contributed by atoms with van der Waals surface area (Å²) in [6.07, 6.45) is -1.66. The monoisotopic (exact) mass is 394 g/mol. The fourth-order valence-corrected chi connectivity index (χ4v) is 3.89. The van der Waals surface area contributed by atoms with E-state index in [-0.39, 0.29) is 29.1 Å². The molecule has 3 unspecified atom stereocenters. The first-order valence-electron chi connectivity index (χ1n) is 7.08. The van der Waals surface area contributed by atoms with Gasteiger partial charge in [-0.2, -0.15) is 0 Å². The van der Waals surface area contributed by atoms with E-state index in [2.05, 4.69) is 26.2 Å². The molecule has 3 atom stereocenters. The second-order valence-corrected chi connectivity index (χ2v) is 6.93. The number of aromatic nitrogens is 1. The summed E-state index contributed by atoms with van der Waals surface area (Å²) in [5.74, 6) is -1.70. The van der Waals surface area contributed by atoms with E-state index in [0.717, 1.165) is 11.3 Å². The topological polar surface area (TPSA) is 59.1 Å². The average Bonchev–Trinajstić information content (AvgIpc) is 2.74. The number of hydrogen-bond acceptors (Lipinski definition) is 4. The fraction of sp³-hybridized carbons (Fsp3) is 0.643. The van der Waals surface area contributed by atoms with Crippen LogP contribution in [0.3, 0.4) is 0 Å². The molecule has 4 nitrogen and oxygen atoms in total. The minimum Gasteiger partial charge on any atom is -0.302 e. The van der Waals surface area contributed by atoms with Crippen LogP contribution in [0.15, 0.2) is 0 Å². The van der Waals surface area contributed by atoms with Crippen LogP contribution >= 0.6 is 27.3 Å². The third-order valence-electron chi connectivity index (χ3n) is 3.68. The number of anilines is 1. The fourth-order valence-electron chi connectivity index (χ4n) is 2.52. The molecule has 22 heavy (non-hydrogen) atoms. The predicted octanol–water partition coefficient (Wildman–Crippen LogP) is 3.83. The summed E-state index contributed by atoms with van der Waals surface area (Å²) in [6, 6.07) is 0. The van der Waals surface area contributed by atoms with E-state index in [4.69, 9.17) is 0 Å². The summed E-state index contributed by atoms with van der Waals surface area (Å²) in [6.45, 7) is 1.67. The highest BCUT2D eigenvalue weighted by molar-refractivity contribution is 9.09. The Hall–Kier alpha value is -0.890. The molecule has 0 radical (unpaired) electrons. The van der Waals surface area contributed by atoms with Crippen LogP contribution in [0.2, 0.25) is 0 Å². The number of amides is 1. The number of aryl methyl sites for hydroxylation is 1. The third-order valence-corrected chi connectivity index (χ3v) is 5.30. The van der Waals surface area contributed by atoms with E-state index in [0.29, 0.717) is 23.4 Å². The lowest BCUT2D eigenvalue weighted by Crippen LogP contribution is -2.31. The lowest BCUT2D eigenvalue weighted by molar-refractivity contribution is -0.122. The molecule has 1 aromatic rings. The largest absolute Gasteiger partial charge is 0.302 e. The molecule has 1 saturated carbocycles. The van der Waals surface area contributed by atoms with Gasteiger partial charge < -0.3 is 5.32 Å². The number of halogens is 3. The molecule has 1 aliphatic rings. The number of carbonyl (C=O) groups is 2. The van der Waals surface area contributed by atoms with Crippen LogP contribution in [-0.4, -0.2) is 34.3 Å². The maximum atomic E-state index is 14.0. The Kier molecular flexibility index (Phi) is 6.02. The number of nitrogens with zero attached hydrogens (tertiary/aromatic N) is 1. The van der Waals surface area contributed by atoms with Crippen molar-refractivity contribution in [1.82, 2.24) is 4.98 Å². The van der Waals surface area contributed by atoms with E-state index in [1.54, 1.807) is 6.92 Å². The van der Waals surface area contributed by atoms with Crippen LogP contribution in [0, 0.1) is 12.8 Å². The number of thiazole rings is 1. The maximum Gasteiger partial charge on any atom is 0.232 e. The van der Waals surface area contributed by atoms with Crippen molar-refractivity contribution in [3.63, 3.8) is 0 Å². The van der Waals surface area contributed by atoms with Gasteiger partial charge in [0.05, 0.1) is 21.8 Å². The van der Waals surface area contributed by atoms with Gasteiger partial charge in [0.15, 0.2) is 10.9 Å². The summed E-state index contributed by atoms with van der Waals surface area (Å²) in [4.78, 5) is 28.4. The van der Waals surface area contributed by atoms with Crippen molar-refractivity contribution >= 4 is 44.1 Å². The van der Waals surface area contributed by atoms with Gasteiger partial charge in [0.25, 0.3) is 0 Å². The molecular formula is C14H17BrF2N2O2S. The molecule has 1 amide bonds. The summed E-state index contributed by atoms with van der Waals surface area (Å²) < 4.78 is 27.6. The van der Waals surface area contributed by atoms with Gasteiger partial charge in [0.1, 0.15) is 12.3 Å². The van der Waals surface area contributed by atoms with E-state index in [1.807, 2.05) is 0 Å². The number of ketones is 1. The van der Waals surface area contributed by atoms with Crippen LogP contribution in [0.4, 0.5) is 13.9 Å². The average molecular weight is 395 g/mol. The third kappa shape index (κ3) is 4.10. The van der Waals surface area contributed by atoms with E-state index < -0.39 is 24.2 Å². The van der Waals surface area contributed by atoms with Gasteiger partial charge in [-0.1, -0.05) is 27.3 Å². The number of Topliss-reactive ketones (excluding diaryl/α,β-unsaturated/α-hetero) is 1. The molecule has 0 aromatic carbocycles. The van der Waals surface area contributed by atoms with Crippen molar-refractivity contribution < 1.29 is 18.4 Å². The van der Waals surface area contributed by atoms with Crippen LogP contribution in [0.5, 0.6) is 0 Å². The van der Waals surface area contributed by atoms with Gasteiger partial charge in [-0.15, -0.1) is 0 Å². The molecule has 0 spiro atoms. The Morgan fingerprint density at radius 3 is 2.82 bits per heavy atom. The molecule has 1 aromatic heterocycles. The Morgan fingerprint density at radius 1 is 1.41 bits per heavy atom. The smallest absolute Gasteiger partial charge is 0.232 e. The Labute approximate surface area is 139 Å². The molecular weight excluding hydrogens is 378 g/mol. The lowest BCUT2D eigenvalue weighted by Gasteiger charge is -2.17. The Morgan fingerprint density at radius 2 is 2.14 bits per heavy atom. The van der Waals surface area contributed by atoms with E-state index in [1.165, 1.54) is 0 Å². The highest BCUT2D eigenvalue weighted by Gasteiger charge is 2.34. The molecule has 0 bridgehead atoms. The standard InChI is InChI=1S/C14H17BrF2N2O2S/c1-7-12(11(20)6-15)22-14(18-7)19-13(21)9-5-8(16)3-2-4-10(9)17/h8-10H,2-6H2,1H3,(H,18,19,21). The molecule has 0 aliphatic heterocycles. The Bertz CT molecular complexity index is 567. The number of carbonyl (C=O) groups excluding carboxylic acids is 2. The van der Waals surface area contributed by atoms with Gasteiger partial charge in [0.2, 0.25) is 5.91 Å². The lowest BCUT2D eigenvalue weighted by atomic mass is 9.97.